The van der Waals surface area contributed by atoms with E-state index in [0.717, 1.165) is 22.4 Å². The second-order valence-electron chi connectivity index (χ2n) is 6.64. The molecule has 0 fully saturated rings. The summed E-state index contributed by atoms with van der Waals surface area (Å²) in [4.78, 5) is 30.6. The Morgan fingerprint density at radius 3 is 2.57 bits per heavy atom. The van der Waals surface area contributed by atoms with Gasteiger partial charge in [-0.2, -0.15) is 0 Å². The molecule has 0 aliphatic heterocycles. The van der Waals surface area contributed by atoms with Gasteiger partial charge in [0, 0.05) is 12.3 Å². The highest BCUT2D eigenvalue weighted by molar-refractivity contribution is 7.14. The van der Waals surface area contributed by atoms with E-state index in [-0.39, 0.29) is 12.5 Å². The molecule has 2 aromatic carbocycles. The minimum absolute atomic E-state index is 0.0574. The molecular weight excluding hydrogens is 372 g/mol. The van der Waals surface area contributed by atoms with Crippen LogP contribution in [0, 0.1) is 20.8 Å². The van der Waals surface area contributed by atoms with Gasteiger partial charge in [0.1, 0.15) is 6.61 Å². The average molecular weight is 394 g/mol. The number of aryl methyl sites for hydroxylation is 2. The number of hydrogen-bond donors (Lipinski definition) is 0. The number of ether oxygens (including phenoxy) is 1. The molecule has 3 rings (SSSR count). The third kappa shape index (κ3) is 4.28. The van der Waals surface area contributed by atoms with Gasteiger partial charge in [0.15, 0.2) is 5.13 Å². The topological polar surface area (TPSA) is 59.5 Å². The first-order chi connectivity index (χ1) is 13.4. The van der Waals surface area contributed by atoms with Crippen LogP contribution >= 0.6 is 11.3 Å². The van der Waals surface area contributed by atoms with Crippen molar-refractivity contribution >= 4 is 34.0 Å². The fourth-order valence-electron chi connectivity index (χ4n) is 2.85. The van der Waals surface area contributed by atoms with Gasteiger partial charge in [-0.25, -0.2) is 9.78 Å². The van der Waals surface area contributed by atoms with Gasteiger partial charge < -0.3 is 4.74 Å². The van der Waals surface area contributed by atoms with E-state index >= 15 is 0 Å². The lowest BCUT2D eigenvalue weighted by atomic mass is 10.1. The highest BCUT2D eigenvalue weighted by Gasteiger charge is 2.20. The van der Waals surface area contributed by atoms with Gasteiger partial charge in [-0.1, -0.05) is 29.8 Å². The summed E-state index contributed by atoms with van der Waals surface area (Å²) in [6.07, 6.45) is 0. The van der Waals surface area contributed by atoms with Crippen molar-refractivity contribution in [2.75, 3.05) is 4.90 Å². The summed E-state index contributed by atoms with van der Waals surface area (Å²) >= 11 is 1.35. The van der Waals surface area contributed by atoms with E-state index < -0.39 is 5.97 Å². The number of amides is 1. The van der Waals surface area contributed by atoms with E-state index in [1.807, 2.05) is 51.1 Å². The number of hydrogen-bond acceptors (Lipinski definition) is 5. The van der Waals surface area contributed by atoms with Crippen LogP contribution in [0.4, 0.5) is 10.8 Å². The van der Waals surface area contributed by atoms with Gasteiger partial charge in [-0.3, -0.25) is 9.69 Å². The summed E-state index contributed by atoms with van der Waals surface area (Å²) in [6, 6.07) is 13.1. The van der Waals surface area contributed by atoms with Crippen LogP contribution in [0.2, 0.25) is 0 Å². The summed E-state index contributed by atoms with van der Waals surface area (Å²) in [5.41, 5.74) is 5.06. The summed E-state index contributed by atoms with van der Waals surface area (Å²) in [5, 5.41) is 2.36. The number of benzene rings is 2. The molecule has 5 nitrogen and oxygen atoms in total. The first kappa shape index (κ1) is 19.8. The zero-order valence-electron chi connectivity index (χ0n) is 16.4. The first-order valence-electron chi connectivity index (χ1n) is 8.92. The van der Waals surface area contributed by atoms with Crippen LogP contribution in [0.25, 0.3) is 0 Å². The Bertz CT molecular complexity index is 1030. The number of thiazole rings is 1. The van der Waals surface area contributed by atoms with E-state index in [1.165, 1.54) is 18.3 Å². The molecule has 0 N–H and O–H groups in total. The van der Waals surface area contributed by atoms with E-state index in [2.05, 4.69) is 4.98 Å². The number of carbonyl (C=O) groups excluding carboxylic acids is 2. The van der Waals surface area contributed by atoms with Crippen LogP contribution in [-0.4, -0.2) is 16.9 Å². The molecule has 0 radical (unpaired) electrons. The Morgan fingerprint density at radius 1 is 1.11 bits per heavy atom. The van der Waals surface area contributed by atoms with Crippen LogP contribution in [0.5, 0.6) is 0 Å². The van der Waals surface area contributed by atoms with Gasteiger partial charge in [0.25, 0.3) is 0 Å². The molecule has 0 aliphatic rings. The zero-order chi connectivity index (χ0) is 20.3. The molecule has 0 spiro atoms. The third-order valence-corrected chi connectivity index (χ3v) is 5.34. The van der Waals surface area contributed by atoms with E-state index in [0.29, 0.717) is 16.4 Å². The highest BCUT2D eigenvalue weighted by atomic mass is 32.1. The van der Waals surface area contributed by atoms with Crippen LogP contribution in [0.3, 0.4) is 0 Å². The lowest BCUT2D eigenvalue weighted by Crippen LogP contribution is -2.23. The Hall–Kier alpha value is -2.99. The molecule has 0 saturated heterocycles. The maximum atomic E-state index is 12.3. The lowest BCUT2D eigenvalue weighted by molar-refractivity contribution is -0.115. The minimum atomic E-state index is -0.392. The summed E-state index contributed by atoms with van der Waals surface area (Å²) in [7, 11) is 0. The number of anilines is 2. The van der Waals surface area contributed by atoms with Crippen molar-refractivity contribution in [3.05, 3.63) is 75.8 Å². The molecule has 1 aromatic heterocycles. The smallest absolute Gasteiger partial charge is 0.338 e. The molecule has 0 atom stereocenters. The second-order valence-corrected chi connectivity index (χ2v) is 7.48. The van der Waals surface area contributed by atoms with Gasteiger partial charge in [0.2, 0.25) is 5.91 Å². The van der Waals surface area contributed by atoms with Crippen molar-refractivity contribution in [3.8, 4) is 0 Å². The van der Waals surface area contributed by atoms with Crippen molar-refractivity contribution < 1.29 is 14.3 Å². The minimum Gasteiger partial charge on any atom is -0.456 e. The molecule has 6 heteroatoms. The maximum Gasteiger partial charge on any atom is 0.338 e. The Balaban J connectivity index is 1.77. The second kappa shape index (κ2) is 8.35. The van der Waals surface area contributed by atoms with Crippen molar-refractivity contribution in [3.63, 3.8) is 0 Å². The molecule has 0 aliphatic carbocycles. The van der Waals surface area contributed by atoms with E-state index in [1.54, 1.807) is 22.4 Å². The molecule has 28 heavy (non-hydrogen) atoms. The largest absolute Gasteiger partial charge is 0.456 e. The number of nitrogens with zero attached hydrogens (tertiary/aromatic N) is 2. The summed E-state index contributed by atoms with van der Waals surface area (Å²) < 4.78 is 5.37. The summed E-state index contributed by atoms with van der Waals surface area (Å²) in [6.45, 7) is 7.49. The van der Waals surface area contributed by atoms with Crippen molar-refractivity contribution in [2.24, 2.45) is 0 Å². The molecule has 3 aromatic rings. The normalized spacial score (nSPS) is 10.6. The molecule has 144 valence electrons. The zero-order valence-corrected chi connectivity index (χ0v) is 17.2. The number of carbonyl (C=O) groups is 2. The molecule has 1 amide bonds. The fraction of sp³-hybridized carbons (Fsp3) is 0.227. The van der Waals surface area contributed by atoms with Gasteiger partial charge in [-0.05, 0) is 50.1 Å². The summed E-state index contributed by atoms with van der Waals surface area (Å²) in [5.74, 6) is -0.512. The van der Waals surface area contributed by atoms with Crippen LogP contribution in [-0.2, 0) is 16.1 Å². The monoisotopic (exact) mass is 394 g/mol. The highest BCUT2D eigenvalue weighted by Crippen LogP contribution is 2.32. The first-order valence-corrected chi connectivity index (χ1v) is 9.80. The van der Waals surface area contributed by atoms with Crippen LogP contribution in [0.15, 0.2) is 47.8 Å². The van der Waals surface area contributed by atoms with Crippen LogP contribution < -0.4 is 4.90 Å². The van der Waals surface area contributed by atoms with Crippen LogP contribution in [0.1, 0.15) is 39.7 Å². The van der Waals surface area contributed by atoms with Gasteiger partial charge in [-0.15, -0.1) is 11.3 Å². The number of aromatic nitrogens is 1. The molecule has 0 unspecified atom stereocenters. The maximum absolute atomic E-state index is 12.3. The van der Waals surface area contributed by atoms with Gasteiger partial charge >= 0.3 is 5.97 Å². The molecular formula is C22H22N2O3S. The Labute approximate surface area is 168 Å². The number of rotatable bonds is 5. The molecule has 0 saturated carbocycles. The van der Waals surface area contributed by atoms with E-state index in [9.17, 15) is 9.59 Å². The lowest BCUT2D eigenvalue weighted by Gasteiger charge is -2.21. The van der Waals surface area contributed by atoms with Gasteiger partial charge in [0.05, 0.1) is 16.9 Å². The molecule has 0 bridgehead atoms. The fourth-order valence-corrected chi connectivity index (χ4v) is 3.71. The average Bonchev–Trinajstić information content (AvgIpc) is 3.11. The Kier molecular flexibility index (Phi) is 5.90. The number of esters is 1. The SMILES string of the molecule is CC(=O)N(c1nc(COC(=O)c2cccc(C)c2)cs1)c1cccc(C)c1C. The molecule has 1 heterocycles. The Morgan fingerprint density at radius 2 is 1.86 bits per heavy atom. The van der Waals surface area contributed by atoms with E-state index in [4.69, 9.17) is 4.74 Å². The predicted molar refractivity (Wildman–Crippen MR) is 111 cm³/mol. The quantitative estimate of drug-likeness (QED) is 0.564. The standard InChI is InChI=1S/C22H22N2O3S/c1-14-7-5-9-18(11-14)21(26)27-12-19-13-28-22(23-19)24(17(4)25)20-10-6-8-15(2)16(20)3/h5-11,13H,12H2,1-4H3. The van der Waals surface area contributed by atoms with Crippen molar-refractivity contribution in [1.29, 1.82) is 0 Å². The third-order valence-electron chi connectivity index (χ3n) is 4.47. The van der Waals surface area contributed by atoms with Crippen molar-refractivity contribution in [2.45, 2.75) is 34.3 Å². The predicted octanol–water partition coefficient (Wildman–Crippen LogP) is 5.11. The van der Waals surface area contributed by atoms with Crippen molar-refractivity contribution in [1.82, 2.24) is 4.98 Å².